The lowest BCUT2D eigenvalue weighted by molar-refractivity contribution is -0.123. The third-order valence-corrected chi connectivity index (χ3v) is 6.99. The van der Waals surface area contributed by atoms with Crippen LogP contribution in [0.2, 0.25) is 0 Å². The van der Waals surface area contributed by atoms with Crippen LogP contribution in [0, 0.1) is 13.8 Å². The van der Waals surface area contributed by atoms with Gasteiger partial charge in [-0.1, -0.05) is 38.1 Å². The van der Waals surface area contributed by atoms with E-state index in [1.54, 1.807) is 39.0 Å². The van der Waals surface area contributed by atoms with E-state index in [2.05, 4.69) is 5.32 Å². The number of hydrogen-bond acceptors (Lipinski definition) is 5. The van der Waals surface area contributed by atoms with Gasteiger partial charge in [-0.05, 0) is 50.1 Å². The van der Waals surface area contributed by atoms with Crippen molar-refractivity contribution in [1.29, 1.82) is 0 Å². The molecule has 2 rings (SSSR count). The minimum Gasteiger partial charge on any atom is -0.449 e. The van der Waals surface area contributed by atoms with Crippen molar-refractivity contribution in [3.8, 4) is 0 Å². The fraction of sp³-hybridized carbons (Fsp3) is 0.364. The van der Waals surface area contributed by atoms with Gasteiger partial charge in [-0.15, -0.1) is 0 Å². The summed E-state index contributed by atoms with van der Waals surface area (Å²) in [5, 5.41) is 2.72. The minimum atomic E-state index is -3.73. The third-order valence-electron chi connectivity index (χ3n) is 4.80. The number of carbonyl (C=O) groups excluding carboxylic acids is 2. The molecule has 2 aromatic rings. The largest absolute Gasteiger partial charge is 0.449 e. The van der Waals surface area contributed by atoms with E-state index < -0.39 is 28.0 Å². The van der Waals surface area contributed by atoms with Crippen LogP contribution in [0.5, 0.6) is 0 Å². The topological polar surface area (TPSA) is 92.8 Å². The van der Waals surface area contributed by atoms with E-state index in [4.69, 9.17) is 4.74 Å². The Balaban J connectivity index is 2.19. The second kappa shape index (κ2) is 9.86. The number of aryl methyl sites for hydroxylation is 2. The van der Waals surface area contributed by atoms with E-state index in [9.17, 15) is 18.0 Å². The van der Waals surface area contributed by atoms with E-state index in [1.807, 2.05) is 19.1 Å². The number of amides is 1. The number of esters is 1. The molecule has 0 spiro atoms. The van der Waals surface area contributed by atoms with E-state index in [0.29, 0.717) is 24.3 Å². The molecule has 1 N–H and O–H groups in total. The lowest BCUT2D eigenvalue weighted by atomic mass is 10.1. The van der Waals surface area contributed by atoms with E-state index in [0.717, 1.165) is 5.56 Å². The first-order chi connectivity index (χ1) is 14.1. The molecule has 0 saturated carbocycles. The molecule has 8 heteroatoms. The molecule has 0 aliphatic carbocycles. The fourth-order valence-corrected chi connectivity index (χ4v) is 4.65. The molecule has 0 aliphatic heterocycles. The molecule has 30 heavy (non-hydrogen) atoms. The van der Waals surface area contributed by atoms with Crippen LogP contribution in [-0.2, 0) is 19.6 Å². The highest BCUT2D eigenvalue weighted by molar-refractivity contribution is 7.89. The Kier molecular flexibility index (Phi) is 7.75. The van der Waals surface area contributed by atoms with Gasteiger partial charge in [-0.25, -0.2) is 13.2 Å². The maximum absolute atomic E-state index is 12.9. The molecule has 7 nitrogen and oxygen atoms in total. The van der Waals surface area contributed by atoms with Crippen LogP contribution in [-0.4, -0.2) is 43.8 Å². The number of nitrogens with zero attached hydrogens (tertiary/aromatic N) is 1. The van der Waals surface area contributed by atoms with Crippen molar-refractivity contribution in [1.82, 2.24) is 4.31 Å². The molecule has 0 heterocycles. The van der Waals surface area contributed by atoms with Crippen LogP contribution in [0.1, 0.15) is 42.3 Å². The summed E-state index contributed by atoms with van der Waals surface area (Å²) in [6, 6.07) is 11.6. The molecular formula is C22H28N2O5S. The summed E-state index contributed by atoms with van der Waals surface area (Å²) in [6.45, 7) is 9.14. The summed E-state index contributed by atoms with van der Waals surface area (Å²) in [5.41, 5.74) is 2.12. The summed E-state index contributed by atoms with van der Waals surface area (Å²) >= 11 is 0. The zero-order valence-electron chi connectivity index (χ0n) is 17.9. The number of nitrogens with one attached hydrogen (secondary N) is 1. The number of anilines is 1. The second-order valence-corrected chi connectivity index (χ2v) is 8.83. The normalized spacial score (nSPS) is 12.5. The molecule has 0 radical (unpaired) electrons. The summed E-state index contributed by atoms with van der Waals surface area (Å²) in [6.07, 6.45) is -1.05. The quantitative estimate of drug-likeness (QED) is 0.645. The second-order valence-electron chi connectivity index (χ2n) is 6.92. The van der Waals surface area contributed by atoms with Crippen molar-refractivity contribution in [3.05, 3.63) is 59.2 Å². The van der Waals surface area contributed by atoms with Gasteiger partial charge in [0.05, 0.1) is 10.5 Å². The van der Waals surface area contributed by atoms with Crippen molar-refractivity contribution in [2.24, 2.45) is 0 Å². The SMILES string of the molecule is CCN(CC)S(=O)(=O)c1cc(C(=O)O[C@H](C)C(=O)Nc2ccccc2C)ccc1C. The monoisotopic (exact) mass is 432 g/mol. The number of hydrogen-bond donors (Lipinski definition) is 1. The first kappa shape index (κ1) is 23.6. The average Bonchev–Trinajstić information content (AvgIpc) is 2.70. The number of ether oxygens (including phenoxy) is 1. The van der Waals surface area contributed by atoms with Crippen molar-refractivity contribution >= 4 is 27.6 Å². The number of carbonyl (C=O) groups is 2. The molecular weight excluding hydrogens is 404 g/mol. The van der Waals surface area contributed by atoms with Gasteiger partial charge in [0.15, 0.2) is 6.10 Å². The van der Waals surface area contributed by atoms with Crippen LogP contribution in [0.4, 0.5) is 5.69 Å². The van der Waals surface area contributed by atoms with Gasteiger partial charge in [0.25, 0.3) is 5.91 Å². The van der Waals surface area contributed by atoms with E-state index in [1.165, 1.54) is 23.4 Å². The van der Waals surface area contributed by atoms with Gasteiger partial charge in [-0.3, -0.25) is 4.79 Å². The lowest BCUT2D eigenvalue weighted by Gasteiger charge is -2.20. The van der Waals surface area contributed by atoms with Crippen LogP contribution < -0.4 is 5.32 Å². The predicted molar refractivity (Wildman–Crippen MR) is 116 cm³/mol. The Bertz CT molecular complexity index is 1030. The maximum atomic E-state index is 12.9. The molecule has 1 amide bonds. The first-order valence-corrected chi connectivity index (χ1v) is 11.2. The number of sulfonamides is 1. The smallest absolute Gasteiger partial charge is 0.338 e. The minimum absolute atomic E-state index is 0.0534. The number of para-hydroxylation sites is 1. The highest BCUT2D eigenvalue weighted by atomic mass is 32.2. The molecule has 0 unspecified atom stereocenters. The van der Waals surface area contributed by atoms with Crippen LogP contribution in [0.25, 0.3) is 0 Å². The van der Waals surface area contributed by atoms with Crippen molar-refractivity contribution in [3.63, 3.8) is 0 Å². The van der Waals surface area contributed by atoms with Crippen LogP contribution >= 0.6 is 0 Å². The van der Waals surface area contributed by atoms with Gasteiger partial charge in [0.2, 0.25) is 10.0 Å². The van der Waals surface area contributed by atoms with Gasteiger partial charge in [0, 0.05) is 18.8 Å². The third kappa shape index (κ3) is 5.25. The van der Waals surface area contributed by atoms with Gasteiger partial charge in [0.1, 0.15) is 0 Å². The zero-order valence-corrected chi connectivity index (χ0v) is 18.7. The highest BCUT2D eigenvalue weighted by Gasteiger charge is 2.26. The van der Waals surface area contributed by atoms with Crippen molar-refractivity contribution in [2.75, 3.05) is 18.4 Å². The van der Waals surface area contributed by atoms with E-state index in [-0.39, 0.29) is 10.5 Å². The molecule has 1 atom stereocenters. The Morgan fingerprint density at radius 2 is 1.67 bits per heavy atom. The Labute approximate surface area is 178 Å². The summed E-state index contributed by atoms with van der Waals surface area (Å²) < 4.78 is 32.3. The maximum Gasteiger partial charge on any atom is 0.338 e. The summed E-state index contributed by atoms with van der Waals surface area (Å²) in [7, 11) is -3.73. The molecule has 0 saturated heterocycles. The van der Waals surface area contributed by atoms with Crippen LogP contribution in [0.15, 0.2) is 47.4 Å². The number of rotatable bonds is 8. The molecule has 2 aromatic carbocycles. The highest BCUT2D eigenvalue weighted by Crippen LogP contribution is 2.22. The van der Waals surface area contributed by atoms with Crippen LogP contribution in [0.3, 0.4) is 0 Å². The van der Waals surface area contributed by atoms with Crippen molar-refractivity contribution < 1.29 is 22.7 Å². The Morgan fingerprint density at radius 1 is 1.03 bits per heavy atom. The Hall–Kier alpha value is -2.71. The standard InChI is InChI=1S/C22H28N2O5S/c1-6-24(7-2)30(27,28)20-14-18(13-12-16(20)4)22(26)29-17(5)21(25)23-19-11-9-8-10-15(19)3/h8-14,17H,6-7H2,1-5H3,(H,23,25)/t17-/m1/s1. The average molecular weight is 433 g/mol. The molecule has 0 aliphatic rings. The summed E-state index contributed by atoms with van der Waals surface area (Å²) in [4.78, 5) is 25.0. The van der Waals surface area contributed by atoms with Gasteiger partial charge < -0.3 is 10.1 Å². The predicted octanol–water partition coefficient (Wildman–Crippen LogP) is 3.52. The van der Waals surface area contributed by atoms with E-state index >= 15 is 0 Å². The molecule has 162 valence electrons. The molecule has 0 fully saturated rings. The van der Waals surface area contributed by atoms with Crippen molar-refractivity contribution in [2.45, 2.75) is 45.6 Å². The molecule has 0 bridgehead atoms. The molecule has 0 aromatic heterocycles. The number of benzene rings is 2. The lowest BCUT2D eigenvalue weighted by Crippen LogP contribution is -2.32. The summed E-state index contributed by atoms with van der Waals surface area (Å²) in [5.74, 6) is -1.24. The zero-order chi connectivity index (χ0) is 22.5. The fourth-order valence-electron chi connectivity index (χ4n) is 2.94. The van der Waals surface area contributed by atoms with Gasteiger partial charge >= 0.3 is 5.97 Å². The van der Waals surface area contributed by atoms with Gasteiger partial charge in [-0.2, -0.15) is 4.31 Å². The first-order valence-electron chi connectivity index (χ1n) is 9.80. The Morgan fingerprint density at radius 3 is 2.27 bits per heavy atom.